The molecule has 0 N–H and O–H groups in total. The number of hydrogen-bond acceptors (Lipinski definition) is 7. The normalized spacial score (nSPS) is 16.6. The van der Waals surface area contributed by atoms with Gasteiger partial charge in [0.15, 0.2) is 6.10 Å². The Morgan fingerprint density at radius 3 is 2.39 bits per heavy atom. The zero-order valence-corrected chi connectivity index (χ0v) is 16.3. The molecule has 0 saturated carbocycles. The van der Waals surface area contributed by atoms with E-state index in [2.05, 4.69) is 15.5 Å². The van der Waals surface area contributed by atoms with E-state index in [1.54, 1.807) is 24.3 Å². The van der Waals surface area contributed by atoms with Crippen LogP contribution in [0.15, 0.2) is 54.9 Å². The van der Waals surface area contributed by atoms with Crippen LogP contribution in [0.25, 0.3) is 5.69 Å². The van der Waals surface area contributed by atoms with Gasteiger partial charge in [0, 0.05) is 12.1 Å². The Balaban J connectivity index is 1.46. The molecule has 1 aliphatic rings. The van der Waals surface area contributed by atoms with Gasteiger partial charge >= 0.3 is 5.97 Å². The lowest BCUT2D eigenvalue weighted by atomic mass is 10.1. The van der Waals surface area contributed by atoms with Gasteiger partial charge in [-0.1, -0.05) is 0 Å². The quantitative estimate of drug-likeness (QED) is 0.468. The van der Waals surface area contributed by atoms with Gasteiger partial charge in [0.25, 0.3) is 11.8 Å². The van der Waals surface area contributed by atoms with Crippen LogP contribution < -0.4 is 0 Å². The van der Waals surface area contributed by atoms with E-state index < -0.39 is 29.7 Å². The Morgan fingerprint density at radius 1 is 1.00 bits per heavy atom. The predicted octanol–water partition coefficient (Wildman–Crippen LogP) is 2.18. The van der Waals surface area contributed by atoms with Crippen molar-refractivity contribution in [2.45, 2.75) is 25.4 Å². The van der Waals surface area contributed by atoms with Crippen molar-refractivity contribution in [3.8, 4) is 5.69 Å². The lowest BCUT2D eigenvalue weighted by Gasteiger charge is -2.22. The molecule has 1 saturated heterocycles. The number of rotatable bonds is 4. The van der Waals surface area contributed by atoms with Crippen LogP contribution in [0.4, 0.5) is 4.39 Å². The number of ether oxygens (including phenoxy) is 1. The van der Waals surface area contributed by atoms with Gasteiger partial charge in [0.2, 0.25) is 0 Å². The van der Waals surface area contributed by atoms with Crippen molar-refractivity contribution in [1.29, 1.82) is 0 Å². The molecule has 2 heterocycles. The number of hydrogen-bond donors (Lipinski definition) is 0. The molecule has 2 aromatic carbocycles. The van der Waals surface area contributed by atoms with E-state index in [1.807, 2.05) is 0 Å². The number of halogens is 1. The number of amides is 2. The second-order valence-electron chi connectivity index (χ2n) is 6.99. The second-order valence-corrected chi connectivity index (χ2v) is 6.99. The number of tetrazole rings is 1. The van der Waals surface area contributed by atoms with Gasteiger partial charge in [0.1, 0.15) is 12.1 Å². The van der Waals surface area contributed by atoms with E-state index in [0.29, 0.717) is 24.9 Å². The third-order valence-electron chi connectivity index (χ3n) is 4.94. The summed E-state index contributed by atoms with van der Waals surface area (Å²) in [6.45, 7) is 0.212. The summed E-state index contributed by atoms with van der Waals surface area (Å²) in [5.74, 6) is -2.27. The topological polar surface area (TPSA) is 107 Å². The Labute approximate surface area is 176 Å². The molecule has 0 radical (unpaired) electrons. The SMILES string of the molecule is O=C(O[C@@H]1CCCCN(C(=O)c2ccc(F)cc2)C1=O)c1ccc(-n2cnnn2)cc1. The van der Waals surface area contributed by atoms with Crippen LogP contribution >= 0.6 is 0 Å². The van der Waals surface area contributed by atoms with Gasteiger partial charge in [0.05, 0.1) is 11.3 Å². The van der Waals surface area contributed by atoms with Crippen LogP contribution in [0.1, 0.15) is 40.0 Å². The maximum absolute atomic E-state index is 13.1. The van der Waals surface area contributed by atoms with Crippen LogP contribution in [-0.4, -0.2) is 55.5 Å². The first-order chi connectivity index (χ1) is 15.0. The van der Waals surface area contributed by atoms with E-state index >= 15 is 0 Å². The van der Waals surface area contributed by atoms with Crippen molar-refractivity contribution in [3.63, 3.8) is 0 Å². The van der Waals surface area contributed by atoms with Gasteiger partial charge in [-0.2, -0.15) is 0 Å². The molecule has 4 rings (SSSR count). The van der Waals surface area contributed by atoms with Crippen molar-refractivity contribution >= 4 is 17.8 Å². The third-order valence-corrected chi connectivity index (χ3v) is 4.94. The molecule has 1 fully saturated rings. The first kappa shape index (κ1) is 20.3. The Hall–Kier alpha value is -3.95. The van der Waals surface area contributed by atoms with E-state index in [0.717, 1.165) is 17.0 Å². The number of carbonyl (C=O) groups excluding carboxylic acids is 3. The van der Waals surface area contributed by atoms with Crippen molar-refractivity contribution < 1.29 is 23.5 Å². The molecule has 10 heteroatoms. The highest BCUT2D eigenvalue weighted by atomic mass is 19.1. The highest BCUT2D eigenvalue weighted by Gasteiger charge is 2.34. The fourth-order valence-electron chi connectivity index (χ4n) is 3.29. The van der Waals surface area contributed by atoms with Gasteiger partial charge in [-0.3, -0.25) is 14.5 Å². The average Bonchev–Trinajstić information content (AvgIpc) is 3.27. The van der Waals surface area contributed by atoms with Gasteiger partial charge in [-0.25, -0.2) is 13.9 Å². The second kappa shape index (κ2) is 8.82. The van der Waals surface area contributed by atoms with E-state index in [1.165, 1.54) is 23.1 Å². The Bertz CT molecular complexity index is 1080. The zero-order valence-electron chi connectivity index (χ0n) is 16.3. The lowest BCUT2D eigenvalue weighted by Crippen LogP contribution is -2.43. The predicted molar refractivity (Wildman–Crippen MR) is 105 cm³/mol. The number of nitrogens with zero attached hydrogens (tertiary/aromatic N) is 5. The molecule has 1 aromatic heterocycles. The van der Waals surface area contributed by atoms with E-state index in [-0.39, 0.29) is 17.7 Å². The number of benzene rings is 2. The molecule has 1 aliphatic heterocycles. The first-order valence-corrected chi connectivity index (χ1v) is 9.68. The molecule has 0 bridgehead atoms. The molecule has 9 nitrogen and oxygen atoms in total. The molecule has 0 aliphatic carbocycles. The van der Waals surface area contributed by atoms with E-state index in [4.69, 9.17) is 4.74 Å². The third kappa shape index (κ3) is 4.47. The highest BCUT2D eigenvalue weighted by molar-refractivity contribution is 6.06. The number of esters is 1. The molecule has 31 heavy (non-hydrogen) atoms. The van der Waals surface area contributed by atoms with Crippen LogP contribution in [0.2, 0.25) is 0 Å². The minimum Gasteiger partial charge on any atom is -0.449 e. The number of imide groups is 1. The number of carbonyl (C=O) groups is 3. The fourth-order valence-corrected chi connectivity index (χ4v) is 3.29. The highest BCUT2D eigenvalue weighted by Crippen LogP contribution is 2.20. The van der Waals surface area contributed by atoms with Crippen LogP contribution in [-0.2, 0) is 9.53 Å². The van der Waals surface area contributed by atoms with Gasteiger partial charge < -0.3 is 4.74 Å². The number of aromatic nitrogens is 4. The fraction of sp³-hybridized carbons (Fsp3) is 0.238. The summed E-state index contributed by atoms with van der Waals surface area (Å²) in [6.07, 6.45) is 1.88. The van der Waals surface area contributed by atoms with Crippen molar-refractivity contribution in [1.82, 2.24) is 25.1 Å². The molecular formula is C21H18FN5O4. The standard InChI is InChI=1S/C21H18FN5O4/c22-16-8-4-14(5-9-16)19(28)26-12-2-1-3-18(20(26)29)31-21(30)15-6-10-17(11-7-15)27-13-23-24-25-27/h4-11,13,18H,1-3,12H2/t18-/m1/s1. The summed E-state index contributed by atoms with van der Waals surface area (Å²) in [7, 11) is 0. The smallest absolute Gasteiger partial charge is 0.338 e. The first-order valence-electron chi connectivity index (χ1n) is 9.68. The van der Waals surface area contributed by atoms with Crippen LogP contribution in [0.3, 0.4) is 0 Å². The van der Waals surface area contributed by atoms with Crippen molar-refractivity contribution in [2.24, 2.45) is 0 Å². The summed E-state index contributed by atoms with van der Waals surface area (Å²) < 4.78 is 20.0. The van der Waals surface area contributed by atoms with Gasteiger partial charge in [-0.05, 0) is 78.2 Å². The van der Waals surface area contributed by atoms with E-state index in [9.17, 15) is 18.8 Å². The summed E-state index contributed by atoms with van der Waals surface area (Å²) in [5, 5.41) is 10.9. The molecule has 158 valence electrons. The summed E-state index contributed by atoms with van der Waals surface area (Å²) >= 11 is 0. The maximum Gasteiger partial charge on any atom is 0.338 e. The minimum absolute atomic E-state index is 0.194. The molecular weight excluding hydrogens is 405 g/mol. The molecule has 0 unspecified atom stereocenters. The van der Waals surface area contributed by atoms with Crippen molar-refractivity contribution in [3.05, 3.63) is 71.8 Å². The van der Waals surface area contributed by atoms with Crippen LogP contribution in [0.5, 0.6) is 0 Å². The summed E-state index contributed by atoms with van der Waals surface area (Å²) in [5.41, 5.74) is 1.10. The summed E-state index contributed by atoms with van der Waals surface area (Å²) in [4.78, 5) is 39.3. The Kier molecular flexibility index (Phi) is 5.78. The Morgan fingerprint density at radius 2 is 1.71 bits per heavy atom. The molecule has 1 atom stereocenters. The molecule has 0 spiro atoms. The number of likely N-dealkylation sites (tertiary alicyclic amines) is 1. The van der Waals surface area contributed by atoms with Crippen LogP contribution in [0, 0.1) is 5.82 Å². The summed E-state index contributed by atoms with van der Waals surface area (Å²) in [6, 6.07) is 11.3. The largest absolute Gasteiger partial charge is 0.449 e. The minimum atomic E-state index is -1.07. The van der Waals surface area contributed by atoms with Gasteiger partial charge in [-0.15, -0.1) is 5.10 Å². The molecule has 2 amide bonds. The zero-order chi connectivity index (χ0) is 21.8. The lowest BCUT2D eigenvalue weighted by molar-refractivity contribution is -0.137. The molecule has 3 aromatic rings. The average molecular weight is 423 g/mol. The van der Waals surface area contributed by atoms with Crippen molar-refractivity contribution in [2.75, 3.05) is 6.54 Å². The maximum atomic E-state index is 13.1. The monoisotopic (exact) mass is 423 g/mol.